The molecule has 1 aliphatic rings. The molecule has 0 unspecified atom stereocenters. The van der Waals surface area contributed by atoms with E-state index < -0.39 is 11.9 Å². The third-order valence-electron chi connectivity index (χ3n) is 4.37. The maximum Gasteiger partial charge on any atom is 0.338 e. The standard InChI is InChI=1S/C19H20N2O5S/c1-3-26-19(25)14-8-12(7-13(9-14)18(23)24)17(22)21-6-4-5-15(21)16-20-11(2)10-27-16/h7-10,15H,3-6H2,1-2H3,(H,23,24)/t15-/m1/s1. The molecule has 1 aliphatic heterocycles. The zero-order chi connectivity index (χ0) is 19.6. The molecule has 1 saturated heterocycles. The molecule has 142 valence electrons. The Hall–Kier alpha value is -2.74. The van der Waals surface area contributed by atoms with Crippen molar-refractivity contribution >= 4 is 29.2 Å². The van der Waals surface area contributed by atoms with E-state index in [1.807, 2.05) is 12.3 Å². The number of aryl methyl sites for hydroxylation is 1. The molecule has 2 aromatic rings. The molecule has 1 atom stereocenters. The monoisotopic (exact) mass is 388 g/mol. The van der Waals surface area contributed by atoms with Crippen LogP contribution in [0.5, 0.6) is 0 Å². The Morgan fingerprint density at radius 3 is 2.59 bits per heavy atom. The molecule has 27 heavy (non-hydrogen) atoms. The Labute approximate surface area is 160 Å². The first-order valence-electron chi connectivity index (χ1n) is 8.69. The number of thiazole rings is 1. The Morgan fingerprint density at radius 2 is 1.96 bits per heavy atom. The molecule has 0 aliphatic carbocycles. The number of carboxylic acid groups (broad SMARTS) is 1. The van der Waals surface area contributed by atoms with Gasteiger partial charge < -0.3 is 14.7 Å². The fraction of sp³-hybridized carbons (Fsp3) is 0.368. The SMILES string of the molecule is CCOC(=O)c1cc(C(=O)O)cc(C(=O)N2CCC[C@@H]2c2nc(C)cs2)c1. The highest BCUT2D eigenvalue weighted by molar-refractivity contribution is 7.09. The predicted octanol–water partition coefficient (Wildman–Crippen LogP) is 3.30. The fourth-order valence-corrected chi connectivity index (χ4v) is 4.11. The molecular weight excluding hydrogens is 368 g/mol. The summed E-state index contributed by atoms with van der Waals surface area (Å²) in [7, 11) is 0. The average Bonchev–Trinajstić information content (AvgIpc) is 3.29. The van der Waals surface area contributed by atoms with Crippen LogP contribution in [0.1, 0.15) is 67.6 Å². The number of hydrogen-bond donors (Lipinski definition) is 1. The van der Waals surface area contributed by atoms with Crippen molar-refractivity contribution in [2.75, 3.05) is 13.2 Å². The molecule has 0 bridgehead atoms. The second kappa shape index (κ2) is 7.87. The Morgan fingerprint density at radius 1 is 1.26 bits per heavy atom. The van der Waals surface area contributed by atoms with Gasteiger partial charge in [0.2, 0.25) is 0 Å². The van der Waals surface area contributed by atoms with Crippen LogP contribution in [0.4, 0.5) is 0 Å². The van der Waals surface area contributed by atoms with Gasteiger partial charge in [0, 0.05) is 23.2 Å². The molecule has 8 heteroatoms. The number of carbonyl (C=O) groups excluding carboxylic acids is 2. The van der Waals surface area contributed by atoms with Crippen LogP contribution in [-0.4, -0.2) is 46.0 Å². The number of rotatable bonds is 5. The first-order chi connectivity index (χ1) is 12.9. The second-order valence-electron chi connectivity index (χ2n) is 6.31. The van der Waals surface area contributed by atoms with E-state index in [2.05, 4.69) is 4.98 Å². The third kappa shape index (κ3) is 4.00. The van der Waals surface area contributed by atoms with E-state index in [4.69, 9.17) is 4.74 Å². The van der Waals surface area contributed by atoms with Crippen molar-refractivity contribution in [1.29, 1.82) is 0 Å². The van der Waals surface area contributed by atoms with Crippen molar-refractivity contribution in [3.05, 3.63) is 51.0 Å². The van der Waals surface area contributed by atoms with Gasteiger partial charge in [0.1, 0.15) is 5.01 Å². The van der Waals surface area contributed by atoms with Gasteiger partial charge in [-0.3, -0.25) is 4.79 Å². The van der Waals surface area contributed by atoms with Gasteiger partial charge in [-0.2, -0.15) is 0 Å². The number of esters is 1. The summed E-state index contributed by atoms with van der Waals surface area (Å²) in [5, 5.41) is 12.2. The van der Waals surface area contributed by atoms with Gasteiger partial charge in [0.05, 0.1) is 23.8 Å². The van der Waals surface area contributed by atoms with Gasteiger partial charge in [0.25, 0.3) is 5.91 Å². The second-order valence-corrected chi connectivity index (χ2v) is 7.20. The number of carboxylic acids is 1. The highest BCUT2D eigenvalue weighted by Crippen LogP contribution is 2.35. The van der Waals surface area contributed by atoms with Crippen LogP contribution in [0.3, 0.4) is 0 Å². The maximum absolute atomic E-state index is 13.1. The van der Waals surface area contributed by atoms with Crippen molar-refractivity contribution in [1.82, 2.24) is 9.88 Å². The minimum Gasteiger partial charge on any atom is -0.478 e. The van der Waals surface area contributed by atoms with Crippen LogP contribution >= 0.6 is 11.3 Å². The van der Waals surface area contributed by atoms with E-state index in [-0.39, 0.29) is 35.2 Å². The number of likely N-dealkylation sites (tertiary alicyclic amines) is 1. The molecule has 7 nitrogen and oxygen atoms in total. The number of hydrogen-bond acceptors (Lipinski definition) is 6. The van der Waals surface area contributed by atoms with Crippen LogP contribution in [-0.2, 0) is 4.74 Å². The molecule has 1 N–H and O–H groups in total. The zero-order valence-corrected chi connectivity index (χ0v) is 15.9. The Bertz CT molecular complexity index is 892. The molecule has 1 aromatic heterocycles. The predicted molar refractivity (Wildman–Crippen MR) is 99.2 cm³/mol. The summed E-state index contributed by atoms with van der Waals surface area (Å²) in [5.41, 5.74) is 1.01. The van der Waals surface area contributed by atoms with E-state index in [0.717, 1.165) is 23.5 Å². The summed E-state index contributed by atoms with van der Waals surface area (Å²) in [5.74, 6) is -2.16. The molecule has 3 rings (SSSR count). The number of aromatic carboxylic acids is 1. The van der Waals surface area contributed by atoms with Crippen molar-refractivity contribution in [3.63, 3.8) is 0 Å². The van der Waals surface area contributed by atoms with E-state index >= 15 is 0 Å². The number of benzene rings is 1. The lowest BCUT2D eigenvalue weighted by atomic mass is 10.0. The third-order valence-corrected chi connectivity index (χ3v) is 5.44. The number of nitrogens with zero attached hydrogens (tertiary/aromatic N) is 2. The van der Waals surface area contributed by atoms with Gasteiger partial charge in [-0.15, -0.1) is 11.3 Å². The van der Waals surface area contributed by atoms with E-state index in [0.29, 0.717) is 6.54 Å². The smallest absolute Gasteiger partial charge is 0.338 e. The molecule has 0 saturated carbocycles. The number of amides is 1. The first-order valence-corrected chi connectivity index (χ1v) is 9.57. The highest BCUT2D eigenvalue weighted by Gasteiger charge is 2.33. The number of ether oxygens (including phenoxy) is 1. The van der Waals surface area contributed by atoms with Crippen molar-refractivity contribution in [3.8, 4) is 0 Å². The average molecular weight is 388 g/mol. The quantitative estimate of drug-likeness (QED) is 0.790. The topological polar surface area (TPSA) is 96.8 Å². The van der Waals surface area contributed by atoms with Crippen LogP contribution in [0.2, 0.25) is 0 Å². The summed E-state index contributed by atoms with van der Waals surface area (Å²) in [6.45, 7) is 4.30. The van der Waals surface area contributed by atoms with E-state index in [1.54, 1.807) is 11.8 Å². The van der Waals surface area contributed by atoms with E-state index in [9.17, 15) is 19.5 Å². The molecule has 1 amide bonds. The van der Waals surface area contributed by atoms with Crippen molar-refractivity contribution in [2.45, 2.75) is 32.7 Å². The van der Waals surface area contributed by atoms with E-state index in [1.165, 1.54) is 29.5 Å². The lowest BCUT2D eigenvalue weighted by molar-refractivity contribution is 0.0526. The minimum absolute atomic E-state index is 0.0564. The molecule has 0 spiro atoms. The highest BCUT2D eigenvalue weighted by atomic mass is 32.1. The lowest BCUT2D eigenvalue weighted by Gasteiger charge is -2.23. The molecule has 2 heterocycles. The summed E-state index contributed by atoms with van der Waals surface area (Å²) < 4.78 is 4.95. The van der Waals surface area contributed by atoms with Gasteiger partial charge in [0.15, 0.2) is 0 Å². The van der Waals surface area contributed by atoms with Crippen LogP contribution in [0.15, 0.2) is 23.6 Å². The Kier molecular flexibility index (Phi) is 5.55. The largest absolute Gasteiger partial charge is 0.478 e. The lowest BCUT2D eigenvalue weighted by Crippen LogP contribution is -2.31. The number of carbonyl (C=O) groups is 3. The van der Waals surface area contributed by atoms with Crippen molar-refractivity contribution in [2.24, 2.45) is 0 Å². The molecule has 1 fully saturated rings. The normalized spacial score (nSPS) is 16.4. The molecule has 0 radical (unpaired) electrons. The van der Waals surface area contributed by atoms with Gasteiger partial charge >= 0.3 is 11.9 Å². The fourth-order valence-electron chi connectivity index (χ4n) is 3.16. The summed E-state index contributed by atoms with van der Waals surface area (Å²) in [6, 6.07) is 3.80. The van der Waals surface area contributed by atoms with Gasteiger partial charge in [-0.25, -0.2) is 14.6 Å². The van der Waals surface area contributed by atoms with Gasteiger partial charge in [-0.05, 0) is 44.9 Å². The summed E-state index contributed by atoms with van der Waals surface area (Å²) in [6.07, 6.45) is 1.65. The molecule has 1 aromatic carbocycles. The van der Waals surface area contributed by atoms with Crippen LogP contribution < -0.4 is 0 Å². The molecular formula is C19H20N2O5S. The first kappa shape index (κ1) is 19.0. The Balaban J connectivity index is 1.95. The van der Waals surface area contributed by atoms with Crippen LogP contribution in [0.25, 0.3) is 0 Å². The zero-order valence-electron chi connectivity index (χ0n) is 15.1. The van der Waals surface area contributed by atoms with Crippen LogP contribution in [0, 0.1) is 6.92 Å². The number of aromatic nitrogens is 1. The van der Waals surface area contributed by atoms with Crippen molar-refractivity contribution < 1.29 is 24.2 Å². The minimum atomic E-state index is -1.20. The van der Waals surface area contributed by atoms with Gasteiger partial charge in [-0.1, -0.05) is 0 Å². The summed E-state index contributed by atoms with van der Waals surface area (Å²) in [4.78, 5) is 42.8. The summed E-state index contributed by atoms with van der Waals surface area (Å²) >= 11 is 1.51. The maximum atomic E-state index is 13.1.